The summed E-state index contributed by atoms with van der Waals surface area (Å²) in [4.78, 5) is 33.2. The Morgan fingerprint density at radius 2 is 1.88 bits per heavy atom. The summed E-state index contributed by atoms with van der Waals surface area (Å²) in [6, 6.07) is 11.0. The van der Waals surface area contributed by atoms with Crippen molar-refractivity contribution in [3.05, 3.63) is 74.3 Å². The lowest BCUT2D eigenvalue weighted by Gasteiger charge is -2.05. The van der Waals surface area contributed by atoms with Crippen molar-refractivity contribution in [3.8, 4) is 6.07 Å². The van der Waals surface area contributed by atoms with Crippen LogP contribution in [0.1, 0.15) is 15.9 Å². The van der Waals surface area contributed by atoms with Crippen molar-refractivity contribution in [2.24, 2.45) is 0 Å². The van der Waals surface area contributed by atoms with Crippen LogP contribution in [0.2, 0.25) is 5.02 Å². The van der Waals surface area contributed by atoms with Crippen molar-refractivity contribution in [3.63, 3.8) is 0 Å². The van der Waals surface area contributed by atoms with Gasteiger partial charge in [-0.1, -0.05) is 17.7 Å². The third-order valence-corrected chi connectivity index (χ3v) is 3.55. The number of hydrogen-bond acceptors (Lipinski definition) is 5. The summed E-state index contributed by atoms with van der Waals surface area (Å²) in [5, 5.41) is 31.3. The second-order valence-electron chi connectivity index (χ2n) is 4.97. The van der Waals surface area contributed by atoms with Crippen molar-refractivity contribution in [2.45, 2.75) is 0 Å². The van der Waals surface area contributed by atoms with Crippen molar-refractivity contribution < 1.29 is 19.6 Å². The number of anilines is 1. The van der Waals surface area contributed by atoms with E-state index >= 15 is 0 Å². The van der Waals surface area contributed by atoms with Gasteiger partial charge in [0.25, 0.3) is 11.6 Å². The van der Waals surface area contributed by atoms with E-state index < -0.39 is 16.8 Å². The van der Waals surface area contributed by atoms with E-state index in [4.69, 9.17) is 22.0 Å². The van der Waals surface area contributed by atoms with E-state index in [9.17, 15) is 19.7 Å². The highest BCUT2D eigenvalue weighted by Gasteiger charge is 2.14. The molecule has 0 fully saturated rings. The zero-order valence-corrected chi connectivity index (χ0v) is 13.7. The summed E-state index contributed by atoms with van der Waals surface area (Å²) in [7, 11) is 0. The molecular formula is C17H10ClN3O5. The second-order valence-corrected chi connectivity index (χ2v) is 5.38. The van der Waals surface area contributed by atoms with Gasteiger partial charge in [0.1, 0.15) is 16.7 Å². The Morgan fingerprint density at radius 3 is 2.42 bits per heavy atom. The van der Waals surface area contributed by atoms with E-state index in [1.54, 1.807) is 6.07 Å². The number of nitriles is 1. The van der Waals surface area contributed by atoms with E-state index in [0.29, 0.717) is 5.69 Å². The van der Waals surface area contributed by atoms with Gasteiger partial charge >= 0.3 is 5.97 Å². The van der Waals surface area contributed by atoms with Crippen LogP contribution in [0.4, 0.5) is 11.4 Å². The molecule has 0 saturated carbocycles. The minimum Gasteiger partial charge on any atom is -0.478 e. The van der Waals surface area contributed by atoms with Crippen molar-refractivity contribution in [1.82, 2.24) is 0 Å². The first kappa shape index (κ1) is 18.6. The third-order valence-electron chi connectivity index (χ3n) is 3.23. The van der Waals surface area contributed by atoms with Crippen LogP contribution >= 0.6 is 11.6 Å². The standard InChI is InChI=1S/C17H10ClN3O5/c18-14-6-1-10(8-15(14)21(25)26)7-12(9-19)16(22)20-13-4-2-11(3-5-13)17(23)24/h1-8H,(H,20,22)(H,23,24). The fraction of sp³-hybridized carbons (Fsp3) is 0. The minimum atomic E-state index is -1.11. The largest absolute Gasteiger partial charge is 0.478 e. The quantitative estimate of drug-likeness (QED) is 0.357. The minimum absolute atomic E-state index is 0.0486. The normalized spacial score (nSPS) is 10.7. The number of aromatic carboxylic acids is 1. The van der Waals surface area contributed by atoms with E-state index in [-0.39, 0.29) is 27.4 Å². The number of carbonyl (C=O) groups excluding carboxylic acids is 1. The number of hydrogen-bond donors (Lipinski definition) is 2. The summed E-state index contributed by atoms with van der Waals surface area (Å²) < 4.78 is 0. The van der Waals surface area contributed by atoms with E-state index in [0.717, 1.165) is 6.07 Å². The summed E-state index contributed by atoms with van der Waals surface area (Å²) in [5.41, 5.74) is -0.0314. The van der Waals surface area contributed by atoms with Gasteiger partial charge in [-0.2, -0.15) is 5.26 Å². The molecule has 0 bridgehead atoms. The molecule has 0 aromatic heterocycles. The van der Waals surface area contributed by atoms with E-state index in [1.807, 2.05) is 0 Å². The Bertz CT molecular complexity index is 961. The van der Waals surface area contributed by atoms with E-state index in [2.05, 4.69) is 5.32 Å². The highest BCUT2D eigenvalue weighted by atomic mass is 35.5. The molecule has 0 aliphatic carbocycles. The Balaban J connectivity index is 2.24. The molecule has 0 heterocycles. The number of benzene rings is 2. The van der Waals surface area contributed by atoms with Crippen molar-refractivity contribution in [1.29, 1.82) is 5.26 Å². The molecule has 9 heteroatoms. The number of amides is 1. The number of nitro groups is 1. The van der Waals surface area contributed by atoms with Crippen molar-refractivity contribution >= 4 is 40.9 Å². The summed E-state index contributed by atoms with van der Waals surface area (Å²) in [5.74, 6) is -1.85. The van der Waals surface area contributed by atoms with Crippen LogP contribution in [0.25, 0.3) is 6.08 Å². The predicted molar refractivity (Wildman–Crippen MR) is 93.7 cm³/mol. The van der Waals surface area contributed by atoms with E-state index in [1.165, 1.54) is 42.5 Å². The van der Waals surface area contributed by atoms with Gasteiger partial charge in [-0.15, -0.1) is 0 Å². The fourth-order valence-corrected chi connectivity index (χ4v) is 2.16. The van der Waals surface area contributed by atoms with Gasteiger partial charge in [0, 0.05) is 11.8 Å². The van der Waals surface area contributed by atoms with Crippen LogP contribution in [0.3, 0.4) is 0 Å². The monoisotopic (exact) mass is 371 g/mol. The van der Waals surface area contributed by atoms with Crippen LogP contribution in [0.5, 0.6) is 0 Å². The molecule has 0 aliphatic rings. The lowest BCUT2D eigenvalue weighted by Crippen LogP contribution is -2.13. The molecule has 2 rings (SSSR count). The van der Waals surface area contributed by atoms with Crippen LogP contribution in [-0.2, 0) is 4.79 Å². The predicted octanol–water partition coefficient (Wildman–Crippen LogP) is 3.49. The zero-order valence-electron chi connectivity index (χ0n) is 13.0. The Kier molecular flexibility index (Phi) is 5.67. The molecule has 0 atom stereocenters. The number of halogens is 1. The maximum absolute atomic E-state index is 12.2. The van der Waals surface area contributed by atoms with Crippen LogP contribution < -0.4 is 5.32 Å². The smallest absolute Gasteiger partial charge is 0.335 e. The number of nitrogens with zero attached hydrogens (tertiary/aromatic N) is 2. The van der Waals surface area contributed by atoms with Gasteiger partial charge in [-0.05, 0) is 42.0 Å². The molecule has 0 spiro atoms. The highest BCUT2D eigenvalue weighted by Crippen LogP contribution is 2.26. The zero-order chi connectivity index (χ0) is 19.3. The molecule has 1 amide bonds. The molecule has 26 heavy (non-hydrogen) atoms. The average molecular weight is 372 g/mol. The number of rotatable bonds is 5. The molecule has 130 valence electrons. The van der Waals surface area contributed by atoms with Crippen LogP contribution in [0.15, 0.2) is 48.0 Å². The number of nitro benzene ring substituents is 1. The second kappa shape index (κ2) is 7.92. The number of carboxylic acids is 1. The van der Waals surface area contributed by atoms with Gasteiger partial charge in [0.2, 0.25) is 0 Å². The third kappa shape index (κ3) is 4.43. The number of nitrogens with one attached hydrogen (secondary N) is 1. The fourth-order valence-electron chi connectivity index (χ4n) is 1.97. The molecule has 0 aliphatic heterocycles. The lowest BCUT2D eigenvalue weighted by atomic mass is 10.1. The first-order valence-electron chi connectivity index (χ1n) is 7.02. The van der Waals surface area contributed by atoms with Gasteiger partial charge < -0.3 is 10.4 Å². The van der Waals surface area contributed by atoms with Gasteiger partial charge in [-0.3, -0.25) is 14.9 Å². The number of carboxylic acid groups (broad SMARTS) is 1. The van der Waals surface area contributed by atoms with Crippen molar-refractivity contribution in [2.75, 3.05) is 5.32 Å². The molecule has 2 aromatic carbocycles. The molecule has 2 aromatic rings. The Labute approximate surface area is 152 Å². The first-order chi connectivity index (χ1) is 12.3. The highest BCUT2D eigenvalue weighted by molar-refractivity contribution is 6.32. The van der Waals surface area contributed by atoms with Gasteiger partial charge in [0.05, 0.1) is 10.5 Å². The SMILES string of the molecule is N#CC(=Cc1ccc(Cl)c([N+](=O)[O-])c1)C(=O)Nc1ccc(C(=O)O)cc1. The maximum atomic E-state index is 12.2. The molecular weight excluding hydrogens is 362 g/mol. The molecule has 0 unspecified atom stereocenters. The first-order valence-corrected chi connectivity index (χ1v) is 7.40. The summed E-state index contributed by atoms with van der Waals surface area (Å²) >= 11 is 5.72. The molecule has 0 saturated heterocycles. The Hall–Kier alpha value is -3.70. The number of carbonyl (C=O) groups is 2. The summed E-state index contributed by atoms with van der Waals surface area (Å²) in [6.07, 6.45) is 1.18. The lowest BCUT2D eigenvalue weighted by molar-refractivity contribution is -0.384. The maximum Gasteiger partial charge on any atom is 0.335 e. The van der Waals surface area contributed by atoms with Gasteiger partial charge in [0.15, 0.2) is 0 Å². The molecule has 8 nitrogen and oxygen atoms in total. The van der Waals surface area contributed by atoms with Gasteiger partial charge in [-0.25, -0.2) is 4.79 Å². The Morgan fingerprint density at radius 1 is 1.23 bits per heavy atom. The summed E-state index contributed by atoms with van der Waals surface area (Å²) in [6.45, 7) is 0. The molecule has 0 radical (unpaired) electrons. The van der Waals surface area contributed by atoms with Crippen LogP contribution in [0, 0.1) is 21.4 Å². The van der Waals surface area contributed by atoms with Crippen LogP contribution in [-0.4, -0.2) is 21.9 Å². The molecule has 2 N–H and O–H groups in total. The average Bonchev–Trinajstić information content (AvgIpc) is 2.61. The topological polar surface area (TPSA) is 133 Å².